The Morgan fingerprint density at radius 1 is 0.636 bits per heavy atom. The van der Waals surface area contributed by atoms with Gasteiger partial charge in [0.1, 0.15) is 13.2 Å². The minimum atomic E-state index is -1.72. The van der Waals surface area contributed by atoms with Crippen molar-refractivity contribution in [2.75, 3.05) is 40.0 Å². The monoisotopic (exact) mass is 1640 g/mol. The Hall–Kier alpha value is -4.51. The van der Waals surface area contributed by atoms with Gasteiger partial charge < -0.3 is 69.1 Å². The summed E-state index contributed by atoms with van der Waals surface area (Å²) in [7, 11) is 1.00. The van der Waals surface area contributed by atoms with Gasteiger partial charge in [-0.2, -0.15) is 13.5 Å². The Labute approximate surface area is 624 Å². The number of aromatic nitrogens is 6. The molecule has 0 aliphatic carbocycles. The number of benzene rings is 4. The van der Waals surface area contributed by atoms with E-state index in [1.807, 2.05) is 30.3 Å². The number of alkyl halides is 3. The number of nitrogens with one attached hydrogen (secondary N) is 1. The SMILES string of the molecule is C.CO.O=C(OCC(Cl)(Cl)Cl)N1CCC[C@@H]2OC(O)(Cn3cnc4cc(Br)c(Cl)cc4c3=O)C[C@@H]21.O=C(OCc1ccccc1)N1CCC[C@@H]2OC(O)(Cn3cnc4cc(Br)c(Cl)cc4c3=O)C[C@@H]21.O=c1c2cc(Cl)ccc2ncn1CC1(O)C[C@@H]2NCCC[C@@H]2O1.OC1CCCO1.S.[3HH]. The van der Waals surface area contributed by atoms with Crippen LogP contribution >= 0.6 is 115 Å². The molecule has 10 atom stereocenters. The Bertz CT molecular complexity index is 4140. The number of halogens is 8. The van der Waals surface area contributed by atoms with Crippen LogP contribution in [-0.2, 0) is 54.7 Å². The van der Waals surface area contributed by atoms with E-state index in [2.05, 4.69) is 52.1 Å². The van der Waals surface area contributed by atoms with Crippen LogP contribution in [0.3, 0.4) is 0 Å². The number of piperidine rings is 3. The van der Waals surface area contributed by atoms with E-state index in [0.29, 0.717) is 95.5 Å². The average molecular weight is 1650 g/mol. The van der Waals surface area contributed by atoms with Crippen LogP contribution in [0.5, 0.6) is 0 Å². The standard InChI is InChI=1S/C24H23BrClN3O5.C19H18BrCl4N3O5.C16H18ClN3O3.C4H8O2.CH4O.CH4.H2S.H2/c25-17-10-19-16(9-18(17)26)22(30)28(14-27-19)13-24(32)11-20-21(34-24)7-4-8-29(20)23(31)33-12-15-5-2-1-3-6-15;20-11-5-13-10(4-12(11)21)16(28)26(9-25-13)7-18(30)6-14-15(32-18)2-1-3-27(14)17(29)31-8-19(22,23)24;17-10-3-4-12-11(6-10)15(21)20(9-19-12)8-16(22)7-13-14(23-16)2-1-5-18-13;5-4-2-1-3-6-4;1-2;;;/h1-3,5-6,9-10,14,20-21,32H,4,7-8,11-13H2;4-5,9,14-15,30H,1-3,6-8H2;3-4,6,9,13-14,18,22H,1-2,5,7-8H2;4-5H,1-3H2;2H,1H3;1H4;1H2;1H/t20-,21-,24?;14-,15-,18?;13-,14-,16?;;;;;/m000...../s1/i;;;;;;;1+2. The maximum atomic E-state index is 13.0. The van der Waals surface area contributed by atoms with E-state index < -0.39 is 58.4 Å². The van der Waals surface area contributed by atoms with Crippen molar-refractivity contribution in [1.82, 2.24) is 43.8 Å². The number of likely N-dealkylation sites (tertiary alicyclic amines) is 2. The number of amides is 2. The van der Waals surface area contributed by atoms with E-state index in [1.54, 1.807) is 41.3 Å². The van der Waals surface area contributed by atoms with Gasteiger partial charge in [0.15, 0.2) is 23.7 Å². The summed E-state index contributed by atoms with van der Waals surface area (Å²) in [5.74, 6) is -4.63. The number of hydrogen-bond acceptors (Lipinski definition) is 20. The lowest BCUT2D eigenvalue weighted by Crippen LogP contribution is -2.49. The molecule has 7 aliphatic heterocycles. The molecule has 0 radical (unpaired) electrons. The summed E-state index contributed by atoms with van der Waals surface area (Å²) in [5.41, 5.74) is 1.54. The first kappa shape index (κ1) is 80.2. The molecule has 7 fully saturated rings. The predicted molar refractivity (Wildman–Crippen MR) is 389 cm³/mol. The molecular formula is C65H79Br2Cl6N9O16S. The summed E-state index contributed by atoms with van der Waals surface area (Å²) in [6, 6.07) is 20.3. The third-order valence-electron chi connectivity index (χ3n) is 17.4. The highest BCUT2D eigenvalue weighted by Crippen LogP contribution is 2.41. The van der Waals surface area contributed by atoms with Crippen molar-refractivity contribution in [2.45, 2.75) is 168 Å². The number of hydrogen-bond donors (Lipinski definition) is 6. The third kappa shape index (κ3) is 20.1. The third-order valence-corrected chi connectivity index (χ3v) is 20.3. The first-order chi connectivity index (χ1) is 46.2. The van der Waals surface area contributed by atoms with E-state index >= 15 is 0 Å². The van der Waals surface area contributed by atoms with Crippen LogP contribution in [0, 0.1) is 0 Å². The summed E-state index contributed by atoms with van der Waals surface area (Å²) >= 11 is 41.9. The maximum absolute atomic E-state index is 13.0. The highest BCUT2D eigenvalue weighted by Gasteiger charge is 2.53. The van der Waals surface area contributed by atoms with E-state index in [9.17, 15) is 39.3 Å². The van der Waals surface area contributed by atoms with Crippen LogP contribution in [0.15, 0.2) is 115 Å². The normalized spacial score (nSPS) is 25.9. The summed E-state index contributed by atoms with van der Waals surface area (Å²) in [5, 5.41) is 54.4. The molecule has 0 bridgehead atoms. The Balaban J connectivity index is 0.000000199. The lowest BCUT2D eigenvalue weighted by molar-refractivity contribution is -0.203. The van der Waals surface area contributed by atoms with Crippen molar-refractivity contribution in [2.24, 2.45) is 0 Å². The number of nitrogens with zero attached hydrogens (tertiary/aromatic N) is 8. The van der Waals surface area contributed by atoms with Crippen molar-refractivity contribution in [3.8, 4) is 0 Å². The van der Waals surface area contributed by atoms with E-state index in [-0.39, 0.29) is 102 Å². The summed E-state index contributed by atoms with van der Waals surface area (Å²) in [6.07, 6.45) is 9.20. The van der Waals surface area contributed by atoms with Crippen LogP contribution in [-0.4, -0.2) is 180 Å². The molecule has 25 nitrogen and oxygen atoms in total. The molecule has 7 aromatic rings. The molecule has 7 saturated heterocycles. The smallest absolute Gasteiger partial charge is 0.410 e. The van der Waals surface area contributed by atoms with Crippen molar-refractivity contribution in [1.29, 1.82) is 0 Å². The molecule has 14 rings (SSSR count). The summed E-state index contributed by atoms with van der Waals surface area (Å²) < 4.78 is 36.6. The number of aliphatic hydroxyl groups excluding tert-OH is 2. The molecule has 10 heterocycles. The molecule has 4 aromatic carbocycles. The first-order valence-electron chi connectivity index (χ1n) is 31.2. The van der Waals surface area contributed by atoms with Gasteiger partial charge in [0.2, 0.25) is 3.79 Å². The lowest BCUT2D eigenvalue weighted by atomic mass is 9.97. The van der Waals surface area contributed by atoms with Crippen molar-refractivity contribution in [3.63, 3.8) is 0 Å². The quantitative estimate of drug-likeness (QED) is 0.0732. The molecule has 2 amide bonds. The summed E-state index contributed by atoms with van der Waals surface area (Å²) in [6.45, 7) is 2.20. The highest BCUT2D eigenvalue weighted by molar-refractivity contribution is 9.10. The number of fused-ring (bicyclic) bond motifs is 6. The maximum Gasteiger partial charge on any atom is 0.410 e. The van der Waals surface area contributed by atoms with E-state index in [4.69, 9.17) is 108 Å². The number of aliphatic hydroxyl groups is 5. The van der Waals surface area contributed by atoms with Crippen LogP contribution < -0.4 is 22.0 Å². The molecule has 99 heavy (non-hydrogen) atoms. The second kappa shape index (κ2) is 34.8. The van der Waals surface area contributed by atoms with Gasteiger partial charge >= 0.3 is 12.2 Å². The molecule has 34 heteroatoms. The fourth-order valence-corrected chi connectivity index (χ4v) is 14.3. The van der Waals surface area contributed by atoms with Crippen molar-refractivity contribution < 1.29 is 65.0 Å². The second-order valence-electron chi connectivity index (χ2n) is 24.4. The first-order valence-corrected chi connectivity index (χ1v) is 35.1. The topological polar surface area (TPSA) is 314 Å². The molecule has 7 aliphatic rings. The Morgan fingerprint density at radius 2 is 1.10 bits per heavy atom. The van der Waals surface area contributed by atoms with E-state index in [0.717, 1.165) is 57.9 Å². The minimum absolute atomic E-state index is 0. The number of ether oxygens (including phenoxy) is 6. The Morgan fingerprint density at radius 3 is 1.57 bits per heavy atom. The van der Waals surface area contributed by atoms with Crippen molar-refractivity contribution in [3.05, 3.63) is 152 Å². The molecule has 542 valence electrons. The average Bonchev–Trinajstić information content (AvgIpc) is 1.54. The zero-order valence-corrected chi connectivity index (χ0v) is 61.4. The fraction of sp³-hybridized carbons (Fsp3) is 0.508. The van der Waals surface area contributed by atoms with Gasteiger partial charge in [0.05, 0.1) is 112 Å². The van der Waals surface area contributed by atoms with E-state index in [1.165, 1.54) is 43.6 Å². The fourth-order valence-electron chi connectivity index (χ4n) is 13.0. The van der Waals surface area contributed by atoms with Gasteiger partial charge in [-0.1, -0.05) is 107 Å². The van der Waals surface area contributed by atoms with Gasteiger partial charge in [0, 0.05) is 73.9 Å². The number of carbonyl (C=O) groups is 2. The summed E-state index contributed by atoms with van der Waals surface area (Å²) in [4.78, 5) is 79.9. The Kier molecular flexibility index (Phi) is 28.2. The molecular weight excluding hydrogens is 1570 g/mol. The largest absolute Gasteiger partial charge is 0.445 e. The predicted octanol–water partition coefficient (Wildman–Crippen LogP) is 10.4. The zero-order chi connectivity index (χ0) is 69.6. The van der Waals surface area contributed by atoms with Gasteiger partial charge in [-0.05, 0) is 131 Å². The van der Waals surface area contributed by atoms with Crippen molar-refractivity contribution >= 4 is 160 Å². The van der Waals surface area contributed by atoms with Gasteiger partial charge in [0.25, 0.3) is 16.7 Å². The molecule has 0 saturated carbocycles. The molecule has 3 aromatic heterocycles. The second-order valence-corrected chi connectivity index (χ2v) is 29.8. The van der Waals surface area contributed by atoms with Crippen LogP contribution in [0.4, 0.5) is 9.59 Å². The molecule has 0 spiro atoms. The van der Waals surface area contributed by atoms with Crippen LogP contribution in [0.1, 0.15) is 85.0 Å². The van der Waals surface area contributed by atoms with Gasteiger partial charge in [-0.15, -0.1) is 0 Å². The van der Waals surface area contributed by atoms with Gasteiger partial charge in [-0.3, -0.25) is 28.1 Å². The number of carbonyl (C=O) groups excluding carboxylic acids is 2. The highest BCUT2D eigenvalue weighted by atomic mass is 79.9. The van der Waals surface area contributed by atoms with Crippen LogP contribution in [0.25, 0.3) is 32.7 Å². The lowest BCUT2D eigenvalue weighted by Gasteiger charge is -2.35. The van der Waals surface area contributed by atoms with Gasteiger partial charge in [-0.25, -0.2) is 24.5 Å². The molecule has 4 unspecified atom stereocenters. The van der Waals surface area contributed by atoms with Crippen LogP contribution in [0.2, 0.25) is 15.1 Å². The number of rotatable bonds is 9. The molecule has 6 N–H and O–H groups in total. The minimum Gasteiger partial charge on any atom is -0.445 e. The zero-order valence-electron chi connectivity index (χ0n) is 52.7.